The molecule has 1 aromatic rings. The lowest BCUT2D eigenvalue weighted by Crippen LogP contribution is -2.54. The average Bonchev–Trinajstić information content (AvgIpc) is 2.52. The first kappa shape index (κ1) is 17.1. The molecule has 0 radical (unpaired) electrons. The van der Waals surface area contributed by atoms with Gasteiger partial charge >= 0.3 is 18.2 Å². The van der Waals surface area contributed by atoms with Crippen LogP contribution < -0.4 is 0 Å². The van der Waals surface area contributed by atoms with Crippen LogP contribution in [0.5, 0.6) is 0 Å². The number of ether oxygens (including phenoxy) is 1. The van der Waals surface area contributed by atoms with Crippen LogP contribution in [-0.2, 0) is 16.1 Å². The predicted octanol–water partition coefficient (Wildman–Crippen LogP) is 3.05. The second-order valence-corrected chi connectivity index (χ2v) is 5.35. The zero-order chi connectivity index (χ0) is 17.0. The van der Waals surface area contributed by atoms with Crippen LogP contribution in [0.25, 0.3) is 0 Å². The van der Waals surface area contributed by atoms with Gasteiger partial charge in [-0.1, -0.05) is 30.3 Å². The molecule has 0 aromatic heterocycles. The first-order chi connectivity index (χ1) is 10.8. The number of piperidine rings is 1. The van der Waals surface area contributed by atoms with Gasteiger partial charge in [0.05, 0.1) is 5.92 Å². The van der Waals surface area contributed by atoms with Crippen LogP contribution in [0.2, 0.25) is 0 Å². The summed E-state index contributed by atoms with van der Waals surface area (Å²) in [4.78, 5) is 23.4. The number of carbonyl (C=O) groups excluding carboxylic acids is 1. The fourth-order valence-corrected chi connectivity index (χ4v) is 2.52. The predicted molar refractivity (Wildman–Crippen MR) is 73.5 cm³/mol. The number of benzene rings is 1. The van der Waals surface area contributed by atoms with E-state index in [2.05, 4.69) is 0 Å². The van der Waals surface area contributed by atoms with Crippen molar-refractivity contribution in [3.8, 4) is 0 Å². The molecule has 126 valence electrons. The summed E-state index contributed by atoms with van der Waals surface area (Å²) < 4.78 is 44.3. The van der Waals surface area contributed by atoms with E-state index in [1.807, 2.05) is 0 Å². The molecular weight excluding hydrogens is 315 g/mol. The summed E-state index contributed by atoms with van der Waals surface area (Å²) in [7, 11) is 0. The minimum absolute atomic E-state index is 0.0254. The average molecular weight is 331 g/mol. The van der Waals surface area contributed by atoms with Gasteiger partial charge in [0.2, 0.25) is 0 Å². The second kappa shape index (κ2) is 6.89. The lowest BCUT2D eigenvalue weighted by Gasteiger charge is -2.38. The summed E-state index contributed by atoms with van der Waals surface area (Å²) in [6.07, 6.45) is -6.46. The number of likely N-dealkylation sites (tertiary alicyclic amines) is 1. The van der Waals surface area contributed by atoms with Gasteiger partial charge in [0, 0.05) is 6.54 Å². The molecule has 1 aliphatic rings. The third kappa shape index (κ3) is 4.37. The van der Waals surface area contributed by atoms with Gasteiger partial charge in [0.1, 0.15) is 12.6 Å². The SMILES string of the molecule is O=C(O)[C@@H]1CCN(C(=O)OCc2ccccc2)[C@H](C(F)(F)F)C1. The Morgan fingerprint density at radius 3 is 2.48 bits per heavy atom. The Balaban J connectivity index is 2.03. The Morgan fingerprint density at radius 1 is 1.26 bits per heavy atom. The molecule has 0 unspecified atom stereocenters. The number of hydrogen-bond acceptors (Lipinski definition) is 3. The van der Waals surface area contributed by atoms with E-state index in [0.29, 0.717) is 10.5 Å². The van der Waals surface area contributed by atoms with Crippen LogP contribution >= 0.6 is 0 Å². The van der Waals surface area contributed by atoms with E-state index in [1.165, 1.54) is 0 Å². The molecule has 2 rings (SSSR count). The molecule has 1 aliphatic heterocycles. The first-order valence-electron chi connectivity index (χ1n) is 7.06. The summed E-state index contributed by atoms with van der Waals surface area (Å²) in [6.45, 7) is -0.433. The molecular formula is C15H16F3NO4. The van der Waals surface area contributed by atoms with Crippen LogP contribution in [0.4, 0.5) is 18.0 Å². The number of rotatable bonds is 3. The highest BCUT2D eigenvalue weighted by Gasteiger charge is 2.50. The van der Waals surface area contributed by atoms with E-state index in [-0.39, 0.29) is 19.6 Å². The molecule has 1 heterocycles. The van der Waals surface area contributed by atoms with Crippen LogP contribution in [0.15, 0.2) is 30.3 Å². The molecule has 1 amide bonds. The summed E-state index contributed by atoms with van der Waals surface area (Å²) in [6, 6.07) is 6.44. The van der Waals surface area contributed by atoms with Crippen molar-refractivity contribution in [2.24, 2.45) is 5.92 Å². The molecule has 23 heavy (non-hydrogen) atoms. The van der Waals surface area contributed by atoms with E-state index < -0.39 is 36.6 Å². The van der Waals surface area contributed by atoms with E-state index >= 15 is 0 Å². The van der Waals surface area contributed by atoms with Gasteiger partial charge in [-0.25, -0.2) is 4.79 Å². The zero-order valence-corrected chi connectivity index (χ0v) is 12.1. The van der Waals surface area contributed by atoms with E-state index in [1.54, 1.807) is 30.3 Å². The quantitative estimate of drug-likeness (QED) is 0.924. The molecule has 1 aromatic carbocycles. The maximum atomic E-state index is 13.1. The highest BCUT2D eigenvalue weighted by Crippen LogP contribution is 2.35. The monoisotopic (exact) mass is 331 g/mol. The van der Waals surface area contributed by atoms with Crippen molar-refractivity contribution in [2.75, 3.05) is 6.54 Å². The minimum Gasteiger partial charge on any atom is -0.481 e. The van der Waals surface area contributed by atoms with Gasteiger partial charge in [0.25, 0.3) is 0 Å². The van der Waals surface area contributed by atoms with E-state index in [9.17, 15) is 22.8 Å². The molecule has 2 atom stereocenters. The number of nitrogens with zero attached hydrogens (tertiary/aromatic N) is 1. The Kier molecular flexibility index (Phi) is 5.12. The Morgan fingerprint density at radius 2 is 1.91 bits per heavy atom. The van der Waals surface area contributed by atoms with Crippen LogP contribution in [-0.4, -0.2) is 40.8 Å². The maximum Gasteiger partial charge on any atom is 0.410 e. The Labute approximate surface area is 130 Å². The van der Waals surface area contributed by atoms with E-state index in [0.717, 1.165) is 0 Å². The molecule has 0 aliphatic carbocycles. The van der Waals surface area contributed by atoms with Gasteiger partial charge < -0.3 is 9.84 Å². The number of amides is 1. The summed E-state index contributed by atoms with van der Waals surface area (Å²) in [5.41, 5.74) is 0.657. The van der Waals surface area contributed by atoms with Crippen molar-refractivity contribution < 1.29 is 32.6 Å². The fraction of sp³-hybridized carbons (Fsp3) is 0.467. The molecule has 1 N–H and O–H groups in total. The van der Waals surface area contributed by atoms with Gasteiger partial charge in [-0.05, 0) is 18.4 Å². The van der Waals surface area contributed by atoms with Crippen LogP contribution in [0, 0.1) is 5.92 Å². The third-order valence-corrected chi connectivity index (χ3v) is 3.77. The number of aliphatic carboxylic acids is 1. The Bertz CT molecular complexity index is 562. The molecule has 5 nitrogen and oxygen atoms in total. The van der Waals surface area contributed by atoms with Crippen molar-refractivity contribution in [2.45, 2.75) is 31.7 Å². The third-order valence-electron chi connectivity index (χ3n) is 3.77. The standard InChI is InChI=1S/C15H16F3NO4/c16-15(17,18)12-8-11(13(20)21)6-7-19(12)14(22)23-9-10-4-2-1-3-5-10/h1-5,11-12H,6-9H2,(H,20,21)/t11-,12+/m1/s1. The largest absolute Gasteiger partial charge is 0.481 e. The van der Waals surface area contributed by atoms with E-state index in [4.69, 9.17) is 9.84 Å². The summed E-state index contributed by atoms with van der Waals surface area (Å²) in [5, 5.41) is 8.90. The first-order valence-corrected chi connectivity index (χ1v) is 7.06. The van der Waals surface area contributed by atoms with Crippen LogP contribution in [0.3, 0.4) is 0 Å². The van der Waals surface area contributed by atoms with Gasteiger partial charge in [-0.3, -0.25) is 9.69 Å². The Hall–Kier alpha value is -2.25. The lowest BCUT2D eigenvalue weighted by molar-refractivity contribution is -0.192. The fourth-order valence-electron chi connectivity index (χ4n) is 2.52. The second-order valence-electron chi connectivity index (χ2n) is 5.35. The minimum atomic E-state index is -4.69. The van der Waals surface area contributed by atoms with Crippen LogP contribution in [0.1, 0.15) is 18.4 Å². The van der Waals surface area contributed by atoms with Gasteiger partial charge in [0.15, 0.2) is 0 Å². The molecule has 0 spiro atoms. The van der Waals surface area contributed by atoms with Gasteiger partial charge in [-0.15, -0.1) is 0 Å². The highest BCUT2D eigenvalue weighted by atomic mass is 19.4. The number of carboxylic acids is 1. The summed E-state index contributed by atoms with van der Waals surface area (Å²) >= 11 is 0. The number of hydrogen-bond donors (Lipinski definition) is 1. The molecule has 1 fully saturated rings. The molecule has 0 saturated carbocycles. The topological polar surface area (TPSA) is 66.8 Å². The maximum absolute atomic E-state index is 13.1. The lowest BCUT2D eigenvalue weighted by atomic mass is 9.91. The zero-order valence-electron chi connectivity index (χ0n) is 12.1. The number of halogens is 3. The number of alkyl halides is 3. The summed E-state index contributed by atoms with van der Waals surface area (Å²) in [5.74, 6) is -2.39. The van der Waals surface area contributed by atoms with Gasteiger partial charge in [-0.2, -0.15) is 13.2 Å². The highest BCUT2D eigenvalue weighted by molar-refractivity contribution is 5.72. The molecule has 1 saturated heterocycles. The number of carbonyl (C=O) groups is 2. The smallest absolute Gasteiger partial charge is 0.410 e. The van der Waals surface area contributed by atoms with Crippen molar-refractivity contribution >= 4 is 12.1 Å². The molecule has 8 heteroatoms. The van der Waals surface area contributed by atoms with Crippen molar-refractivity contribution in [3.63, 3.8) is 0 Å². The normalized spacial score (nSPS) is 21.8. The van der Waals surface area contributed by atoms with Crippen molar-refractivity contribution in [1.29, 1.82) is 0 Å². The number of carboxylic acid groups (broad SMARTS) is 1. The molecule has 0 bridgehead atoms. The van der Waals surface area contributed by atoms with Crippen molar-refractivity contribution in [3.05, 3.63) is 35.9 Å². The van der Waals surface area contributed by atoms with Crippen molar-refractivity contribution in [1.82, 2.24) is 4.90 Å².